The highest BCUT2D eigenvalue weighted by Crippen LogP contribution is 2.38. The van der Waals surface area contributed by atoms with Gasteiger partial charge in [0.05, 0.1) is 11.1 Å². The van der Waals surface area contributed by atoms with Crippen LogP contribution in [-0.4, -0.2) is 22.7 Å². The molecule has 0 spiro atoms. The van der Waals surface area contributed by atoms with Crippen molar-refractivity contribution in [2.45, 2.75) is 57.6 Å². The lowest BCUT2D eigenvalue weighted by molar-refractivity contribution is 0.160. The van der Waals surface area contributed by atoms with Crippen LogP contribution in [-0.2, 0) is 6.54 Å². The van der Waals surface area contributed by atoms with Crippen molar-refractivity contribution in [3.05, 3.63) is 16.1 Å². The van der Waals surface area contributed by atoms with Crippen molar-refractivity contribution in [2.75, 3.05) is 6.54 Å². The van der Waals surface area contributed by atoms with Crippen molar-refractivity contribution in [2.24, 2.45) is 0 Å². The molecule has 2 N–H and O–H groups in total. The SMILES string of the molecule is CCC(O)CCNCc1cnc(C2CCC2)s1. The van der Waals surface area contributed by atoms with Gasteiger partial charge in [0.2, 0.25) is 0 Å². The summed E-state index contributed by atoms with van der Waals surface area (Å²) >= 11 is 1.85. The molecule has 0 radical (unpaired) electrons. The fraction of sp³-hybridized carbons (Fsp3) is 0.769. The van der Waals surface area contributed by atoms with Gasteiger partial charge in [-0.15, -0.1) is 11.3 Å². The van der Waals surface area contributed by atoms with E-state index in [1.54, 1.807) is 0 Å². The van der Waals surface area contributed by atoms with Crippen LogP contribution in [0.5, 0.6) is 0 Å². The maximum Gasteiger partial charge on any atom is 0.0959 e. The summed E-state index contributed by atoms with van der Waals surface area (Å²) in [6, 6.07) is 0. The minimum atomic E-state index is -0.158. The average molecular weight is 254 g/mol. The molecular weight excluding hydrogens is 232 g/mol. The van der Waals surface area contributed by atoms with Crippen LogP contribution < -0.4 is 5.32 Å². The van der Waals surface area contributed by atoms with E-state index in [0.29, 0.717) is 0 Å². The van der Waals surface area contributed by atoms with E-state index in [9.17, 15) is 5.11 Å². The predicted molar refractivity (Wildman–Crippen MR) is 71.3 cm³/mol. The molecule has 1 aliphatic carbocycles. The molecule has 1 aromatic heterocycles. The second kappa shape index (κ2) is 6.47. The van der Waals surface area contributed by atoms with E-state index in [0.717, 1.165) is 31.8 Å². The number of aromatic nitrogens is 1. The van der Waals surface area contributed by atoms with Gasteiger partial charge in [0.15, 0.2) is 0 Å². The maximum atomic E-state index is 9.42. The minimum Gasteiger partial charge on any atom is -0.393 e. The molecule has 1 atom stereocenters. The highest BCUT2D eigenvalue weighted by molar-refractivity contribution is 7.11. The number of rotatable bonds is 7. The van der Waals surface area contributed by atoms with Crippen LogP contribution in [0, 0.1) is 0 Å². The maximum absolute atomic E-state index is 9.42. The zero-order valence-corrected chi connectivity index (χ0v) is 11.3. The van der Waals surface area contributed by atoms with Gasteiger partial charge in [-0.1, -0.05) is 13.3 Å². The van der Waals surface area contributed by atoms with Gasteiger partial charge in [-0.2, -0.15) is 0 Å². The Morgan fingerprint density at radius 3 is 3.06 bits per heavy atom. The Bertz CT molecular complexity index is 336. The topological polar surface area (TPSA) is 45.1 Å². The van der Waals surface area contributed by atoms with Gasteiger partial charge < -0.3 is 10.4 Å². The first-order chi connectivity index (χ1) is 8.29. The molecule has 1 unspecified atom stereocenters. The molecule has 0 bridgehead atoms. The Labute approximate surface area is 107 Å². The van der Waals surface area contributed by atoms with Crippen molar-refractivity contribution < 1.29 is 5.11 Å². The summed E-state index contributed by atoms with van der Waals surface area (Å²) in [5.74, 6) is 0.746. The molecule has 96 valence electrons. The minimum absolute atomic E-state index is 0.158. The fourth-order valence-electron chi connectivity index (χ4n) is 1.93. The highest BCUT2D eigenvalue weighted by Gasteiger charge is 2.22. The van der Waals surface area contributed by atoms with Crippen LogP contribution in [0.25, 0.3) is 0 Å². The van der Waals surface area contributed by atoms with Gasteiger partial charge in [-0.05, 0) is 32.2 Å². The van der Waals surface area contributed by atoms with Crippen molar-refractivity contribution >= 4 is 11.3 Å². The molecule has 0 amide bonds. The van der Waals surface area contributed by atoms with Crippen LogP contribution in [0.1, 0.15) is 54.8 Å². The number of aliphatic hydroxyl groups excluding tert-OH is 1. The molecule has 0 saturated heterocycles. The standard InChI is InChI=1S/C13H22N2OS/c1-2-11(16)6-7-14-8-12-9-15-13(17-12)10-4-3-5-10/h9-11,14,16H,2-8H2,1H3. The van der Waals surface area contributed by atoms with Gasteiger partial charge in [-0.25, -0.2) is 4.98 Å². The number of hydrogen-bond donors (Lipinski definition) is 2. The van der Waals surface area contributed by atoms with E-state index in [1.165, 1.54) is 29.1 Å². The lowest BCUT2D eigenvalue weighted by Crippen LogP contribution is -2.19. The Balaban J connectivity index is 1.66. The fourth-order valence-corrected chi connectivity index (χ4v) is 2.99. The number of thiazole rings is 1. The lowest BCUT2D eigenvalue weighted by Gasteiger charge is -2.22. The summed E-state index contributed by atoms with van der Waals surface area (Å²) in [5.41, 5.74) is 0. The van der Waals surface area contributed by atoms with Crippen LogP contribution in [0.2, 0.25) is 0 Å². The van der Waals surface area contributed by atoms with E-state index in [2.05, 4.69) is 10.3 Å². The van der Waals surface area contributed by atoms with Gasteiger partial charge in [0.25, 0.3) is 0 Å². The zero-order valence-electron chi connectivity index (χ0n) is 10.5. The molecule has 3 nitrogen and oxygen atoms in total. The molecule has 0 aromatic carbocycles. The summed E-state index contributed by atoms with van der Waals surface area (Å²) in [5, 5.41) is 14.1. The Morgan fingerprint density at radius 2 is 2.41 bits per heavy atom. The van der Waals surface area contributed by atoms with Crippen molar-refractivity contribution in [3.63, 3.8) is 0 Å². The average Bonchev–Trinajstić information content (AvgIpc) is 2.70. The molecule has 1 aliphatic rings. The van der Waals surface area contributed by atoms with Crippen molar-refractivity contribution in [1.82, 2.24) is 10.3 Å². The second-order valence-electron chi connectivity index (χ2n) is 4.82. The molecular formula is C13H22N2OS. The van der Waals surface area contributed by atoms with Crippen LogP contribution in [0.3, 0.4) is 0 Å². The normalized spacial score (nSPS) is 18.0. The van der Waals surface area contributed by atoms with Crippen LogP contribution >= 0.6 is 11.3 Å². The van der Waals surface area contributed by atoms with E-state index in [-0.39, 0.29) is 6.10 Å². The third-order valence-electron chi connectivity index (χ3n) is 3.45. The smallest absolute Gasteiger partial charge is 0.0959 e. The Hall–Kier alpha value is -0.450. The highest BCUT2D eigenvalue weighted by atomic mass is 32.1. The molecule has 0 aliphatic heterocycles. The summed E-state index contributed by atoms with van der Waals surface area (Å²) in [6.07, 6.45) is 7.54. The number of hydrogen-bond acceptors (Lipinski definition) is 4. The molecule has 4 heteroatoms. The van der Waals surface area contributed by atoms with Crippen molar-refractivity contribution in [1.29, 1.82) is 0 Å². The largest absolute Gasteiger partial charge is 0.393 e. The quantitative estimate of drug-likeness (QED) is 0.735. The lowest BCUT2D eigenvalue weighted by atomic mass is 9.86. The van der Waals surface area contributed by atoms with Crippen LogP contribution in [0.15, 0.2) is 6.20 Å². The van der Waals surface area contributed by atoms with E-state index in [4.69, 9.17) is 0 Å². The van der Waals surface area contributed by atoms with Gasteiger partial charge >= 0.3 is 0 Å². The first-order valence-corrected chi connectivity index (χ1v) is 7.44. The summed E-state index contributed by atoms with van der Waals surface area (Å²) in [7, 11) is 0. The Kier molecular flexibility index (Phi) is 4.95. The molecule has 1 fully saturated rings. The monoisotopic (exact) mass is 254 g/mol. The third-order valence-corrected chi connectivity index (χ3v) is 4.61. The number of aliphatic hydroxyl groups is 1. The molecule has 1 saturated carbocycles. The predicted octanol–water partition coefficient (Wildman–Crippen LogP) is 2.66. The Morgan fingerprint density at radius 1 is 1.59 bits per heavy atom. The van der Waals surface area contributed by atoms with Crippen LogP contribution in [0.4, 0.5) is 0 Å². The number of nitrogens with one attached hydrogen (secondary N) is 1. The van der Waals surface area contributed by atoms with Gasteiger partial charge in [0.1, 0.15) is 0 Å². The molecule has 17 heavy (non-hydrogen) atoms. The summed E-state index contributed by atoms with van der Waals surface area (Å²) in [6.45, 7) is 3.78. The van der Waals surface area contributed by atoms with Crippen molar-refractivity contribution in [3.8, 4) is 0 Å². The molecule has 1 aromatic rings. The molecule has 1 heterocycles. The number of nitrogens with zero attached hydrogens (tertiary/aromatic N) is 1. The third kappa shape index (κ3) is 3.76. The van der Waals surface area contributed by atoms with Gasteiger partial charge in [0, 0.05) is 23.5 Å². The summed E-state index contributed by atoms with van der Waals surface area (Å²) in [4.78, 5) is 5.81. The first kappa shape index (κ1) is 13.0. The van der Waals surface area contributed by atoms with Gasteiger partial charge in [-0.3, -0.25) is 0 Å². The van der Waals surface area contributed by atoms with E-state index >= 15 is 0 Å². The van der Waals surface area contributed by atoms with E-state index < -0.39 is 0 Å². The van der Waals surface area contributed by atoms with E-state index in [1.807, 2.05) is 24.5 Å². The summed E-state index contributed by atoms with van der Waals surface area (Å²) < 4.78 is 0. The second-order valence-corrected chi connectivity index (χ2v) is 5.97. The molecule has 2 rings (SSSR count). The zero-order chi connectivity index (χ0) is 12.1. The first-order valence-electron chi connectivity index (χ1n) is 6.63.